The van der Waals surface area contributed by atoms with E-state index < -0.39 is 0 Å². The van der Waals surface area contributed by atoms with Crippen LogP contribution in [0.4, 0.5) is 0 Å². The van der Waals surface area contributed by atoms with E-state index in [1.165, 1.54) is 30.5 Å². The van der Waals surface area contributed by atoms with E-state index in [9.17, 15) is 0 Å². The van der Waals surface area contributed by atoms with Crippen LogP contribution < -0.4 is 10.6 Å². The summed E-state index contributed by atoms with van der Waals surface area (Å²) in [4.78, 5) is 0. The zero-order chi connectivity index (χ0) is 13.8. The molecule has 0 saturated heterocycles. The maximum atomic E-state index is 4.10. The highest BCUT2D eigenvalue weighted by molar-refractivity contribution is 5.68. The highest BCUT2D eigenvalue weighted by Crippen LogP contribution is 2.45. The Kier molecular flexibility index (Phi) is 5.21. The van der Waals surface area contributed by atoms with Gasteiger partial charge in [-0.15, -0.1) is 0 Å². The minimum Gasteiger partial charge on any atom is -0.384 e. The molecule has 18 heavy (non-hydrogen) atoms. The Morgan fingerprint density at radius 3 is 2.11 bits per heavy atom. The van der Waals surface area contributed by atoms with E-state index in [4.69, 9.17) is 0 Å². The highest BCUT2D eigenvalue weighted by atomic mass is 14.9. The first kappa shape index (κ1) is 15.0. The monoisotopic (exact) mass is 248 g/mol. The van der Waals surface area contributed by atoms with Crippen LogP contribution in [-0.4, -0.2) is 20.1 Å². The van der Waals surface area contributed by atoms with E-state index in [1.54, 1.807) is 0 Å². The molecule has 1 rings (SSSR count). The first-order valence-electron chi connectivity index (χ1n) is 6.91. The average Bonchev–Trinajstić information content (AvgIpc) is 2.29. The molecule has 0 aromatic carbocycles. The van der Waals surface area contributed by atoms with E-state index in [0.29, 0.717) is 0 Å². The molecular formula is C16H28N2. The molecule has 0 atom stereocenters. The van der Waals surface area contributed by atoms with Crippen molar-refractivity contribution in [2.24, 2.45) is 5.41 Å². The molecule has 1 aliphatic rings. The van der Waals surface area contributed by atoms with Gasteiger partial charge in [-0.25, -0.2) is 0 Å². The molecule has 0 fully saturated rings. The van der Waals surface area contributed by atoms with Crippen molar-refractivity contribution in [3.05, 3.63) is 35.6 Å². The first-order chi connectivity index (χ1) is 8.39. The van der Waals surface area contributed by atoms with Crippen LogP contribution in [0, 0.1) is 5.41 Å². The van der Waals surface area contributed by atoms with Crippen LogP contribution in [0.2, 0.25) is 0 Å². The number of unbranched alkanes of at least 4 members (excludes halogenated alkanes) is 2. The van der Waals surface area contributed by atoms with Crippen molar-refractivity contribution < 1.29 is 0 Å². The summed E-state index contributed by atoms with van der Waals surface area (Å²) in [7, 11) is 2.00. The second-order valence-corrected chi connectivity index (χ2v) is 6.05. The SMILES string of the molecule is C=C1C(=C)C(C(C)(C)C)=C1NCCCCCNC. The molecule has 0 radical (unpaired) electrons. The van der Waals surface area contributed by atoms with Gasteiger partial charge in [0.15, 0.2) is 0 Å². The largest absolute Gasteiger partial charge is 0.384 e. The number of hydrogen-bond acceptors (Lipinski definition) is 2. The molecule has 0 aliphatic heterocycles. The molecule has 2 heteroatoms. The molecule has 0 spiro atoms. The summed E-state index contributed by atoms with van der Waals surface area (Å²) >= 11 is 0. The van der Waals surface area contributed by atoms with Crippen LogP contribution in [0.25, 0.3) is 0 Å². The van der Waals surface area contributed by atoms with Gasteiger partial charge in [0.25, 0.3) is 0 Å². The number of hydrogen-bond donors (Lipinski definition) is 2. The van der Waals surface area contributed by atoms with E-state index in [2.05, 4.69) is 44.6 Å². The van der Waals surface area contributed by atoms with Gasteiger partial charge in [0.2, 0.25) is 0 Å². The zero-order valence-corrected chi connectivity index (χ0v) is 12.4. The van der Waals surface area contributed by atoms with Gasteiger partial charge in [-0.3, -0.25) is 0 Å². The normalized spacial score (nSPS) is 16.0. The van der Waals surface area contributed by atoms with E-state index >= 15 is 0 Å². The van der Waals surface area contributed by atoms with Gasteiger partial charge in [-0.05, 0) is 48.6 Å². The highest BCUT2D eigenvalue weighted by Gasteiger charge is 2.33. The Hall–Kier alpha value is -1.02. The van der Waals surface area contributed by atoms with Gasteiger partial charge >= 0.3 is 0 Å². The Morgan fingerprint density at radius 2 is 1.56 bits per heavy atom. The molecule has 1 aliphatic carbocycles. The van der Waals surface area contributed by atoms with Crippen molar-refractivity contribution in [1.29, 1.82) is 0 Å². The molecule has 0 aromatic rings. The fourth-order valence-corrected chi connectivity index (χ4v) is 2.38. The van der Waals surface area contributed by atoms with Crippen LogP contribution >= 0.6 is 0 Å². The third kappa shape index (κ3) is 3.49. The molecule has 2 N–H and O–H groups in total. The number of allylic oxidation sites excluding steroid dienone is 2. The quantitative estimate of drug-likeness (QED) is 0.675. The van der Waals surface area contributed by atoms with Gasteiger partial charge in [0.05, 0.1) is 0 Å². The molecule has 0 aromatic heterocycles. The summed E-state index contributed by atoms with van der Waals surface area (Å²) in [6, 6.07) is 0. The summed E-state index contributed by atoms with van der Waals surface area (Å²) < 4.78 is 0. The van der Waals surface area contributed by atoms with Crippen molar-refractivity contribution in [2.45, 2.75) is 40.0 Å². The van der Waals surface area contributed by atoms with Crippen molar-refractivity contribution in [3.63, 3.8) is 0 Å². The second kappa shape index (κ2) is 6.24. The molecular weight excluding hydrogens is 220 g/mol. The second-order valence-electron chi connectivity index (χ2n) is 6.05. The maximum absolute atomic E-state index is 4.10. The van der Waals surface area contributed by atoms with E-state index in [-0.39, 0.29) is 5.41 Å². The Morgan fingerprint density at radius 1 is 0.944 bits per heavy atom. The van der Waals surface area contributed by atoms with Crippen LogP contribution in [-0.2, 0) is 0 Å². The predicted molar refractivity (Wildman–Crippen MR) is 80.5 cm³/mol. The Bertz CT molecular complexity index is 356. The smallest absolute Gasteiger partial charge is 0.0457 e. The van der Waals surface area contributed by atoms with Crippen LogP contribution in [0.5, 0.6) is 0 Å². The van der Waals surface area contributed by atoms with Crippen molar-refractivity contribution in [1.82, 2.24) is 10.6 Å². The lowest BCUT2D eigenvalue weighted by Crippen LogP contribution is -2.31. The van der Waals surface area contributed by atoms with E-state index in [1.807, 2.05) is 7.05 Å². The molecule has 0 heterocycles. The van der Waals surface area contributed by atoms with E-state index in [0.717, 1.165) is 24.2 Å². The minimum atomic E-state index is 0.159. The molecule has 0 amide bonds. The van der Waals surface area contributed by atoms with Gasteiger partial charge in [-0.2, -0.15) is 0 Å². The lowest BCUT2D eigenvalue weighted by molar-refractivity contribution is 0.489. The molecule has 0 unspecified atom stereocenters. The lowest BCUT2D eigenvalue weighted by atomic mass is 9.70. The fraction of sp³-hybridized carbons (Fsp3) is 0.625. The zero-order valence-electron chi connectivity index (χ0n) is 12.4. The van der Waals surface area contributed by atoms with Gasteiger partial charge in [0.1, 0.15) is 0 Å². The van der Waals surface area contributed by atoms with Gasteiger partial charge in [0, 0.05) is 12.2 Å². The van der Waals surface area contributed by atoms with Crippen LogP contribution in [0.1, 0.15) is 40.0 Å². The standard InChI is InChI=1S/C16H28N2/c1-12-13(2)15(14(12)16(3,4)5)18-11-9-7-8-10-17-6/h17-18H,1-2,7-11H2,3-6H3. The predicted octanol–water partition coefficient (Wildman–Crippen LogP) is 3.39. The fourth-order valence-electron chi connectivity index (χ4n) is 2.38. The molecule has 0 bridgehead atoms. The Balaban J connectivity index is 2.43. The number of nitrogens with one attached hydrogen (secondary N) is 2. The summed E-state index contributed by atoms with van der Waals surface area (Å²) in [6.45, 7) is 17.0. The summed E-state index contributed by atoms with van der Waals surface area (Å²) in [5, 5.41) is 6.71. The Labute approximate surface area is 112 Å². The lowest BCUT2D eigenvalue weighted by Gasteiger charge is -2.38. The van der Waals surface area contributed by atoms with Crippen LogP contribution in [0.3, 0.4) is 0 Å². The molecule has 102 valence electrons. The van der Waals surface area contributed by atoms with Crippen molar-refractivity contribution in [3.8, 4) is 0 Å². The molecule has 2 nitrogen and oxygen atoms in total. The third-order valence-electron chi connectivity index (χ3n) is 3.37. The third-order valence-corrected chi connectivity index (χ3v) is 3.37. The van der Waals surface area contributed by atoms with Crippen molar-refractivity contribution >= 4 is 0 Å². The van der Waals surface area contributed by atoms with Crippen LogP contribution in [0.15, 0.2) is 35.6 Å². The summed E-state index contributed by atoms with van der Waals surface area (Å²) in [5.41, 5.74) is 4.96. The van der Waals surface area contributed by atoms with Gasteiger partial charge in [-0.1, -0.05) is 40.3 Å². The maximum Gasteiger partial charge on any atom is 0.0457 e. The summed E-state index contributed by atoms with van der Waals surface area (Å²) in [5.74, 6) is 0. The topological polar surface area (TPSA) is 24.1 Å². The average molecular weight is 248 g/mol. The van der Waals surface area contributed by atoms with Gasteiger partial charge < -0.3 is 10.6 Å². The minimum absolute atomic E-state index is 0.159. The number of rotatable bonds is 7. The summed E-state index contributed by atoms with van der Waals surface area (Å²) in [6.07, 6.45) is 3.72. The van der Waals surface area contributed by atoms with Crippen molar-refractivity contribution in [2.75, 3.05) is 20.1 Å². The molecule has 0 saturated carbocycles. The first-order valence-corrected chi connectivity index (χ1v) is 6.91.